The molecule has 1 aliphatic heterocycles. The summed E-state index contributed by atoms with van der Waals surface area (Å²) < 4.78 is 68.1. The number of piperazine rings is 1. The molecule has 32 heavy (non-hydrogen) atoms. The SMILES string of the molecule is O=C(c1cnn(-c2ccccc2)c1)N1CCN(S(=O)(=O)c2ccccc2C(F)(F)F)CC1. The summed E-state index contributed by atoms with van der Waals surface area (Å²) >= 11 is 0. The van der Waals surface area contributed by atoms with Crippen molar-refractivity contribution < 1.29 is 26.4 Å². The Hall–Kier alpha value is -3.18. The van der Waals surface area contributed by atoms with Gasteiger partial charge in [-0.1, -0.05) is 30.3 Å². The molecule has 0 unspecified atom stereocenters. The molecule has 1 amide bonds. The van der Waals surface area contributed by atoms with Gasteiger partial charge in [-0.2, -0.15) is 22.6 Å². The Labute approximate surface area is 182 Å². The minimum absolute atomic E-state index is 0.0583. The van der Waals surface area contributed by atoms with Crippen LogP contribution in [0, 0.1) is 0 Å². The molecule has 11 heteroatoms. The van der Waals surface area contributed by atoms with Crippen molar-refractivity contribution in [2.24, 2.45) is 0 Å². The molecule has 1 aromatic heterocycles. The van der Waals surface area contributed by atoms with Crippen LogP contribution in [0.15, 0.2) is 71.9 Å². The zero-order chi connectivity index (χ0) is 22.9. The summed E-state index contributed by atoms with van der Waals surface area (Å²) in [6, 6.07) is 13.3. The van der Waals surface area contributed by atoms with Gasteiger partial charge in [-0.15, -0.1) is 0 Å². The van der Waals surface area contributed by atoms with Gasteiger partial charge in [0.25, 0.3) is 5.91 Å². The van der Waals surface area contributed by atoms with Crippen LogP contribution in [0.25, 0.3) is 5.69 Å². The summed E-state index contributed by atoms with van der Waals surface area (Å²) in [7, 11) is -4.36. The standard InChI is InChI=1S/C21H19F3N4O3S/c22-21(23,24)18-8-4-5-9-19(18)32(30,31)27-12-10-26(11-13-27)20(29)16-14-25-28(15-16)17-6-2-1-3-7-17/h1-9,14-15H,10-13H2. The molecule has 4 rings (SSSR count). The zero-order valence-corrected chi connectivity index (χ0v) is 17.6. The van der Waals surface area contributed by atoms with Gasteiger partial charge in [0.1, 0.15) is 0 Å². The largest absolute Gasteiger partial charge is 0.417 e. The average molecular weight is 464 g/mol. The Morgan fingerprint density at radius 1 is 0.906 bits per heavy atom. The smallest absolute Gasteiger partial charge is 0.336 e. The number of sulfonamides is 1. The lowest BCUT2D eigenvalue weighted by molar-refractivity contribution is -0.139. The van der Waals surface area contributed by atoms with Gasteiger partial charge in [-0.3, -0.25) is 4.79 Å². The number of amides is 1. The number of benzene rings is 2. The highest BCUT2D eigenvalue weighted by atomic mass is 32.2. The number of carbonyl (C=O) groups excluding carboxylic acids is 1. The van der Waals surface area contributed by atoms with Crippen LogP contribution in [-0.4, -0.2) is 59.5 Å². The van der Waals surface area contributed by atoms with Gasteiger partial charge in [0.2, 0.25) is 10.0 Å². The van der Waals surface area contributed by atoms with Crippen LogP contribution in [0.1, 0.15) is 15.9 Å². The van der Waals surface area contributed by atoms with Crippen molar-refractivity contribution in [1.29, 1.82) is 0 Å². The fourth-order valence-electron chi connectivity index (χ4n) is 3.53. The summed E-state index contributed by atoms with van der Waals surface area (Å²) in [6.45, 7) is -0.0916. The van der Waals surface area contributed by atoms with E-state index < -0.39 is 26.7 Å². The molecule has 0 bridgehead atoms. The number of halogens is 3. The molecule has 0 aliphatic carbocycles. The van der Waals surface area contributed by atoms with Crippen molar-refractivity contribution in [1.82, 2.24) is 19.0 Å². The summed E-state index contributed by atoms with van der Waals surface area (Å²) in [5, 5.41) is 4.19. The lowest BCUT2D eigenvalue weighted by Gasteiger charge is -2.34. The number of carbonyl (C=O) groups is 1. The highest BCUT2D eigenvalue weighted by Crippen LogP contribution is 2.35. The van der Waals surface area contributed by atoms with Gasteiger partial charge >= 0.3 is 6.18 Å². The Morgan fingerprint density at radius 3 is 2.19 bits per heavy atom. The van der Waals surface area contributed by atoms with Crippen molar-refractivity contribution in [3.63, 3.8) is 0 Å². The van der Waals surface area contributed by atoms with Crippen LogP contribution in [-0.2, 0) is 16.2 Å². The molecule has 3 aromatic rings. The predicted octanol–water partition coefficient (Wildman–Crippen LogP) is 3.04. The number of hydrogen-bond donors (Lipinski definition) is 0. The Bertz CT molecular complexity index is 1220. The highest BCUT2D eigenvalue weighted by molar-refractivity contribution is 7.89. The molecule has 1 fully saturated rings. The Kier molecular flexibility index (Phi) is 5.78. The van der Waals surface area contributed by atoms with E-state index in [0.29, 0.717) is 5.56 Å². The van der Waals surface area contributed by atoms with E-state index in [1.165, 1.54) is 17.2 Å². The van der Waals surface area contributed by atoms with Crippen molar-refractivity contribution in [3.8, 4) is 5.69 Å². The molecular weight excluding hydrogens is 445 g/mol. The number of rotatable bonds is 4. The third kappa shape index (κ3) is 4.26. The van der Waals surface area contributed by atoms with E-state index in [4.69, 9.17) is 0 Å². The van der Waals surface area contributed by atoms with Crippen LogP contribution >= 0.6 is 0 Å². The third-order valence-corrected chi connectivity index (χ3v) is 7.14. The molecule has 1 aliphatic rings. The number of hydrogen-bond acceptors (Lipinski definition) is 4. The van der Waals surface area contributed by atoms with Gasteiger partial charge in [-0.05, 0) is 24.3 Å². The van der Waals surface area contributed by atoms with Crippen LogP contribution in [0.5, 0.6) is 0 Å². The molecule has 0 radical (unpaired) electrons. The fourth-order valence-corrected chi connectivity index (χ4v) is 5.17. The quantitative estimate of drug-likeness (QED) is 0.595. The molecule has 1 saturated heterocycles. The van der Waals surface area contributed by atoms with Crippen molar-refractivity contribution in [2.45, 2.75) is 11.1 Å². The van der Waals surface area contributed by atoms with Gasteiger partial charge in [-0.25, -0.2) is 13.1 Å². The van der Waals surface area contributed by atoms with Crippen LogP contribution < -0.4 is 0 Å². The van der Waals surface area contributed by atoms with Gasteiger partial charge in [0.15, 0.2) is 0 Å². The highest BCUT2D eigenvalue weighted by Gasteiger charge is 2.39. The summed E-state index contributed by atoms with van der Waals surface area (Å²) in [4.78, 5) is 13.5. The summed E-state index contributed by atoms with van der Waals surface area (Å²) in [6.07, 6.45) is -1.78. The second-order valence-corrected chi connectivity index (χ2v) is 9.11. The minimum atomic E-state index is -4.79. The van der Waals surface area contributed by atoms with E-state index in [1.807, 2.05) is 30.3 Å². The maximum atomic E-state index is 13.3. The second-order valence-electron chi connectivity index (χ2n) is 7.20. The molecule has 2 heterocycles. The van der Waals surface area contributed by atoms with Gasteiger partial charge in [0, 0.05) is 32.4 Å². The second kappa shape index (κ2) is 8.40. The Balaban J connectivity index is 1.47. The molecule has 0 spiro atoms. The van der Waals surface area contributed by atoms with E-state index in [1.54, 1.807) is 10.9 Å². The first-order valence-corrected chi connectivity index (χ1v) is 11.2. The number of aromatic nitrogens is 2. The molecule has 2 aromatic carbocycles. The number of alkyl halides is 3. The number of nitrogens with zero attached hydrogens (tertiary/aromatic N) is 4. The zero-order valence-electron chi connectivity index (χ0n) is 16.7. The maximum absolute atomic E-state index is 13.3. The molecular formula is C21H19F3N4O3S. The first kappa shape index (κ1) is 22.0. The molecule has 0 saturated carbocycles. The first-order chi connectivity index (χ1) is 15.2. The molecule has 168 valence electrons. The summed E-state index contributed by atoms with van der Waals surface area (Å²) in [5.74, 6) is -0.320. The molecule has 0 N–H and O–H groups in total. The Morgan fingerprint density at radius 2 is 1.53 bits per heavy atom. The lowest BCUT2D eigenvalue weighted by Crippen LogP contribution is -2.50. The predicted molar refractivity (Wildman–Crippen MR) is 110 cm³/mol. The van der Waals surface area contributed by atoms with E-state index in [-0.39, 0.29) is 32.1 Å². The van der Waals surface area contributed by atoms with Crippen LogP contribution in [0.2, 0.25) is 0 Å². The van der Waals surface area contributed by atoms with E-state index in [0.717, 1.165) is 28.2 Å². The van der Waals surface area contributed by atoms with Crippen LogP contribution in [0.3, 0.4) is 0 Å². The third-order valence-electron chi connectivity index (χ3n) is 5.19. The first-order valence-electron chi connectivity index (χ1n) is 9.74. The monoisotopic (exact) mass is 464 g/mol. The lowest BCUT2D eigenvalue weighted by atomic mass is 10.2. The van der Waals surface area contributed by atoms with E-state index >= 15 is 0 Å². The normalized spacial score (nSPS) is 15.7. The van der Waals surface area contributed by atoms with Crippen molar-refractivity contribution >= 4 is 15.9 Å². The van der Waals surface area contributed by atoms with Gasteiger partial charge < -0.3 is 4.90 Å². The minimum Gasteiger partial charge on any atom is -0.336 e. The van der Waals surface area contributed by atoms with Gasteiger partial charge in [0.05, 0.1) is 27.9 Å². The topological polar surface area (TPSA) is 75.5 Å². The average Bonchev–Trinajstić information content (AvgIpc) is 3.29. The number of para-hydroxylation sites is 1. The van der Waals surface area contributed by atoms with Crippen molar-refractivity contribution in [3.05, 3.63) is 78.1 Å². The fraction of sp³-hybridized carbons (Fsp3) is 0.238. The van der Waals surface area contributed by atoms with E-state index in [9.17, 15) is 26.4 Å². The molecule has 0 atom stereocenters. The van der Waals surface area contributed by atoms with Crippen molar-refractivity contribution in [2.75, 3.05) is 26.2 Å². The molecule has 7 nitrogen and oxygen atoms in total. The maximum Gasteiger partial charge on any atom is 0.417 e. The van der Waals surface area contributed by atoms with Crippen LogP contribution in [0.4, 0.5) is 13.2 Å². The van der Waals surface area contributed by atoms with E-state index in [2.05, 4.69) is 5.10 Å². The summed E-state index contributed by atoms with van der Waals surface area (Å²) in [5.41, 5.74) is -0.0785.